The Labute approximate surface area is 212 Å². The fourth-order valence-corrected chi connectivity index (χ4v) is 5.66. The van der Waals surface area contributed by atoms with Crippen molar-refractivity contribution >= 4 is 11.7 Å². The van der Waals surface area contributed by atoms with Gasteiger partial charge in [-0.3, -0.25) is 10.1 Å². The molecule has 2 aliphatic rings. The Hall–Kier alpha value is -3.48. The summed E-state index contributed by atoms with van der Waals surface area (Å²) >= 11 is 0. The minimum absolute atomic E-state index is 0.187. The highest BCUT2D eigenvalue weighted by molar-refractivity contribution is 6.04. The van der Waals surface area contributed by atoms with Crippen molar-refractivity contribution in [3.05, 3.63) is 108 Å². The summed E-state index contributed by atoms with van der Waals surface area (Å²) in [4.78, 5) is 20.0. The second kappa shape index (κ2) is 10.6. The number of ether oxygens (including phenoxy) is 2. The van der Waals surface area contributed by atoms with Crippen molar-refractivity contribution in [2.24, 2.45) is 17.0 Å². The van der Waals surface area contributed by atoms with E-state index >= 15 is 0 Å². The van der Waals surface area contributed by atoms with Gasteiger partial charge in [-0.2, -0.15) is 0 Å². The van der Waals surface area contributed by atoms with Gasteiger partial charge in [0.2, 0.25) is 6.29 Å². The van der Waals surface area contributed by atoms with E-state index in [4.69, 9.17) is 14.3 Å². The third-order valence-corrected chi connectivity index (χ3v) is 7.12. The molecular weight excluding hydrogens is 452 g/mol. The maximum atomic E-state index is 14.0. The highest BCUT2D eigenvalue weighted by Crippen LogP contribution is 2.51. The molecule has 1 saturated heterocycles. The van der Waals surface area contributed by atoms with Crippen LogP contribution in [0.5, 0.6) is 0 Å². The van der Waals surface area contributed by atoms with E-state index in [0.717, 1.165) is 22.4 Å². The number of fused-ring (bicyclic) bond motifs is 1. The molecule has 0 aromatic heterocycles. The molecule has 2 aliphatic heterocycles. The van der Waals surface area contributed by atoms with Crippen LogP contribution < -0.4 is 5.32 Å². The molecule has 6 heteroatoms. The fourth-order valence-electron chi connectivity index (χ4n) is 5.66. The number of hydrogen-bond acceptors (Lipinski definition) is 6. The van der Waals surface area contributed by atoms with E-state index in [1.807, 2.05) is 92.7 Å². The molecule has 5 atom stereocenters. The van der Waals surface area contributed by atoms with Crippen molar-refractivity contribution in [3.8, 4) is 0 Å². The van der Waals surface area contributed by atoms with Crippen LogP contribution in [0.2, 0.25) is 0 Å². The predicted molar refractivity (Wildman–Crippen MR) is 138 cm³/mol. The third-order valence-electron chi connectivity index (χ3n) is 7.12. The molecule has 0 unspecified atom stereocenters. The van der Waals surface area contributed by atoms with Gasteiger partial charge in [0.05, 0.1) is 18.2 Å². The summed E-state index contributed by atoms with van der Waals surface area (Å²) in [6, 6.07) is 30.1. The van der Waals surface area contributed by atoms with E-state index in [-0.39, 0.29) is 30.5 Å². The van der Waals surface area contributed by atoms with Crippen LogP contribution in [0.4, 0.5) is 0 Å². The number of rotatable bonds is 8. The molecule has 0 spiro atoms. The van der Waals surface area contributed by atoms with Crippen molar-refractivity contribution in [2.75, 3.05) is 13.2 Å². The Balaban J connectivity index is 1.71. The molecule has 0 radical (unpaired) electrons. The van der Waals surface area contributed by atoms with Crippen LogP contribution in [0.3, 0.4) is 0 Å². The van der Waals surface area contributed by atoms with Gasteiger partial charge in [-0.15, -0.1) is 0 Å². The Morgan fingerprint density at radius 1 is 0.917 bits per heavy atom. The van der Waals surface area contributed by atoms with Crippen LogP contribution in [-0.2, 0) is 25.5 Å². The van der Waals surface area contributed by atoms with Gasteiger partial charge in [0.25, 0.3) is 0 Å². The molecule has 6 nitrogen and oxygen atoms in total. The number of esters is 1. The van der Waals surface area contributed by atoms with Crippen molar-refractivity contribution < 1.29 is 19.1 Å². The van der Waals surface area contributed by atoms with Crippen LogP contribution in [0.25, 0.3) is 0 Å². The normalized spacial score (nSPS) is 27.0. The molecular formula is C30H32N2O4. The smallest absolute Gasteiger partial charge is 0.327 e. The summed E-state index contributed by atoms with van der Waals surface area (Å²) in [6.45, 7) is 4.48. The first-order valence-electron chi connectivity index (χ1n) is 12.6. The average molecular weight is 485 g/mol. The quantitative estimate of drug-likeness (QED) is 0.461. The predicted octanol–water partition coefficient (Wildman–Crippen LogP) is 4.91. The van der Waals surface area contributed by atoms with Crippen molar-refractivity contribution in [3.63, 3.8) is 0 Å². The number of nitrogens with one attached hydrogen (secondary N) is 1. The van der Waals surface area contributed by atoms with Gasteiger partial charge in [0.1, 0.15) is 5.54 Å². The number of nitrogens with zero attached hydrogens (tertiary/aromatic N) is 1. The van der Waals surface area contributed by atoms with Gasteiger partial charge in [-0.25, -0.2) is 0 Å². The van der Waals surface area contributed by atoms with E-state index in [2.05, 4.69) is 22.6 Å². The maximum Gasteiger partial charge on any atom is 0.327 e. The highest BCUT2D eigenvalue weighted by atomic mass is 16.8. The molecule has 3 aromatic rings. The zero-order valence-electron chi connectivity index (χ0n) is 20.7. The minimum Gasteiger partial charge on any atom is -0.465 e. The Kier molecular flexibility index (Phi) is 7.16. The molecule has 1 fully saturated rings. The van der Waals surface area contributed by atoms with Gasteiger partial charge in [-0.1, -0.05) is 96.2 Å². The van der Waals surface area contributed by atoms with Gasteiger partial charge in [0, 0.05) is 25.0 Å². The fraction of sp³-hybridized carbons (Fsp3) is 0.333. The Bertz CT molecular complexity index is 1190. The number of carbonyl (C=O) groups is 1. The zero-order valence-corrected chi connectivity index (χ0v) is 20.7. The number of carbonyl (C=O) groups excluding carboxylic acids is 1. The summed E-state index contributed by atoms with van der Waals surface area (Å²) in [6.07, 6.45) is -0.270. The summed E-state index contributed by atoms with van der Waals surface area (Å²) in [5.41, 5.74) is 2.79. The Morgan fingerprint density at radius 3 is 2.19 bits per heavy atom. The first-order valence-corrected chi connectivity index (χ1v) is 12.6. The summed E-state index contributed by atoms with van der Waals surface area (Å²) < 4.78 is 11.9. The van der Waals surface area contributed by atoms with Crippen LogP contribution in [-0.4, -0.2) is 36.7 Å². The number of benzene rings is 3. The highest BCUT2D eigenvalue weighted by Gasteiger charge is 2.65. The van der Waals surface area contributed by atoms with Gasteiger partial charge in [0.15, 0.2) is 0 Å². The zero-order chi connectivity index (χ0) is 25.0. The molecule has 0 bridgehead atoms. The van der Waals surface area contributed by atoms with Gasteiger partial charge in [-0.05, 0) is 30.5 Å². The molecule has 0 aliphatic carbocycles. The minimum atomic E-state index is -1.08. The first-order chi connectivity index (χ1) is 17.7. The lowest BCUT2D eigenvalue weighted by Crippen LogP contribution is -2.59. The summed E-state index contributed by atoms with van der Waals surface area (Å²) in [5.74, 6) is -0.868. The van der Waals surface area contributed by atoms with E-state index in [1.165, 1.54) is 0 Å². The number of oxime groups is 1. The molecule has 1 N–H and O–H groups in total. The molecule has 2 heterocycles. The van der Waals surface area contributed by atoms with E-state index in [0.29, 0.717) is 13.0 Å². The van der Waals surface area contributed by atoms with Gasteiger partial charge < -0.3 is 14.3 Å². The van der Waals surface area contributed by atoms with Crippen LogP contribution in [0.15, 0.2) is 96.2 Å². The molecule has 5 rings (SSSR count). The van der Waals surface area contributed by atoms with Crippen molar-refractivity contribution in [2.45, 2.75) is 38.1 Å². The molecule has 0 saturated carbocycles. The SMILES string of the molecule is CCOC(=O)[C@]1(Cc2ccccc2)N[C@H](c2ccccc2)[C@@H]2C(c3ccccc3)=NO[C@@H](OCC)[C@@H]21. The molecule has 0 amide bonds. The number of hydrogen-bond donors (Lipinski definition) is 1. The molecule has 186 valence electrons. The monoisotopic (exact) mass is 484 g/mol. The summed E-state index contributed by atoms with van der Waals surface area (Å²) in [7, 11) is 0. The lowest BCUT2D eigenvalue weighted by molar-refractivity contribution is -0.200. The van der Waals surface area contributed by atoms with Crippen molar-refractivity contribution in [1.29, 1.82) is 0 Å². The van der Waals surface area contributed by atoms with E-state index < -0.39 is 11.8 Å². The lowest BCUT2D eigenvalue weighted by Gasteiger charge is -2.40. The Morgan fingerprint density at radius 2 is 1.56 bits per heavy atom. The lowest BCUT2D eigenvalue weighted by atomic mass is 9.71. The maximum absolute atomic E-state index is 14.0. The second-order valence-corrected chi connectivity index (χ2v) is 9.21. The standard InChI is InChI=1S/C30H32N2O4/c1-3-34-28-25-24(27(32-36-28)23-18-12-7-13-19-23)26(22-16-10-6-11-17-22)31-30(25,29(33)35-4-2)20-21-14-8-5-9-15-21/h5-19,24-26,28,31H,3-4,20H2,1-2H3/t24-,25-,26-,28-,30-/m1/s1. The van der Waals surface area contributed by atoms with Crippen molar-refractivity contribution in [1.82, 2.24) is 5.32 Å². The van der Waals surface area contributed by atoms with Crippen LogP contribution in [0, 0.1) is 11.8 Å². The second-order valence-electron chi connectivity index (χ2n) is 9.21. The largest absolute Gasteiger partial charge is 0.465 e. The third kappa shape index (κ3) is 4.43. The van der Waals surface area contributed by atoms with E-state index in [1.54, 1.807) is 0 Å². The molecule has 36 heavy (non-hydrogen) atoms. The summed E-state index contributed by atoms with van der Waals surface area (Å²) in [5, 5.41) is 8.36. The first kappa shape index (κ1) is 24.2. The van der Waals surface area contributed by atoms with Gasteiger partial charge >= 0.3 is 5.97 Å². The van der Waals surface area contributed by atoms with Crippen LogP contribution >= 0.6 is 0 Å². The molecule has 3 aromatic carbocycles. The van der Waals surface area contributed by atoms with Crippen LogP contribution in [0.1, 0.15) is 36.6 Å². The topological polar surface area (TPSA) is 69.2 Å². The van der Waals surface area contributed by atoms with E-state index in [9.17, 15) is 4.79 Å². The average Bonchev–Trinajstić information content (AvgIpc) is 3.27.